The average Bonchev–Trinajstić information content (AvgIpc) is 2.83. The van der Waals surface area contributed by atoms with Gasteiger partial charge in [-0.2, -0.15) is 5.10 Å². The third-order valence-corrected chi connectivity index (χ3v) is 2.87. The van der Waals surface area contributed by atoms with E-state index >= 15 is 0 Å². The summed E-state index contributed by atoms with van der Waals surface area (Å²) in [5.74, 6) is -0.152. The molecule has 2 aromatic rings. The molecule has 3 N–H and O–H groups in total. The number of aromatic amines is 1. The smallest absolute Gasteiger partial charge is 0.255 e. The van der Waals surface area contributed by atoms with Gasteiger partial charge in [-0.05, 0) is 24.3 Å². The number of H-pyrrole nitrogens is 1. The summed E-state index contributed by atoms with van der Waals surface area (Å²) in [6, 6.07) is 6.98. The third kappa shape index (κ3) is 1.74. The topological polar surface area (TPSA) is 69.8 Å². The lowest BCUT2D eigenvalue weighted by Crippen LogP contribution is -2.38. The lowest BCUT2D eigenvalue weighted by atomic mass is 10.1. The van der Waals surface area contributed by atoms with Crippen LogP contribution in [0, 0.1) is 0 Å². The lowest BCUT2D eigenvalue weighted by molar-refractivity contribution is 0.0935. The second-order valence-corrected chi connectivity index (χ2v) is 4.19. The van der Waals surface area contributed by atoms with Crippen LogP contribution >= 0.6 is 11.6 Å². The number of hydrogen-bond donors (Lipinski definition) is 3. The molecule has 1 amide bonds. The van der Waals surface area contributed by atoms with Crippen molar-refractivity contribution in [1.82, 2.24) is 15.5 Å². The van der Waals surface area contributed by atoms with Gasteiger partial charge in [-0.25, -0.2) is 0 Å². The van der Waals surface area contributed by atoms with E-state index in [0.717, 1.165) is 11.4 Å². The number of anilines is 1. The predicted molar refractivity (Wildman–Crippen MR) is 63.9 cm³/mol. The van der Waals surface area contributed by atoms with Crippen LogP contribution in [-0.4, -0.2) is 16.1 Å². The minimum absolute atomic E-state index is 0.152. The Morgan fingerprint density at radius 1 is 1.24 bits per heavy atom. The Morgan fingerprint density at radius 2 is 2.12 bits per heavy atom. The van der Waals surface area contributed by atoms with E-state index < -0.39 is 0 Å². The predicted octanol–water partition coefficient (Wildman–Crippen LogP) is 1.92. The number of benzene rings is 1. The molecule has 1 aliphatic rings. The molecule has 0 spiro atoms. The first-order valence-electron chi connectivity index (χ1n) is 5.10. The zero-order chi connectivity index (χ0) is 11.8. The van der Waals surface area contributed by atoms with E-state index in [-0.39, 0.29) is 12.1 Å². The molecule has 3 rings (SSSR count). The van der Waals surface area contributed by atoms with Gasteiger partial charge in [-0.15, -0.1) is 0 Å². The molecule has 86 valence electrons. The van der Waals surface area contributed by atoms with Gasteiger partial charge in [-0.1, -0.05) is 11.6 Å². The van der Waals surface area contributed by atoms with Gasteiger partial charge in [0.15, 0.2) is 0 Å². The van der Waals surface area contributed by atoms with Crippen molar-refractivity contribution in [3.05, 3.63) is 46.7 Å². The van der Waals surface area contributed by atoms with E-state index in [4.69, 9.17) is 11.6 Å². The maximum atomic E-state index is 11.9. The van der Waals surface area contributed by atoms with E-state index in [1.807, 2.05) is 0 Å². The fraction of sp³-hybridized carbons (Fsp3) is 0.0909. The number of amides is 1. The molecule has 0 unspecified atom stereocenters. The number of nitrogens with zero attached hydrogens (tertiary/aromatic N) is 1. The highest BCUT2D eigenvalue weighted by atomic mass is 35.5. The summed E-state index contributed by atoms with van der Waals surface area (Å²) in [6.07, 6.45) is 1.35. The number of hydrogen-bond acceptors (Lipinski definition) is 3. The number of nitrogens with one attached hydrogen (secondary N) is 3. The Hall–Kier alpha value is -2.01. The third-order valence-electron chi connectivity index (χ3n) is 2.63. The summed E-state index contributed by atoms with van der Waals surface area (Å²) in [5.41, 5.74) is 2.12. The number of halogens is 1. The minimum atomic E-state index is -0.293. The van der Waals surface area contributed by atoms with Crippen LogP contribution in [0.1, 0.15) is 22.2 Å². The highest BCUT2D eigenvalue weighted by Crippen LogP contribution is 2.27. The van der Waals surface area contributed by atoms with Crippen LogP contribution in [0.25, 0.3) is 0 Å². The molecular formula is C11H9ClN4O. The molecule has 1 aromatic carbocycles. The molecule has 0 radical (unpaired) electrons. The van der Waals surface area contributed by atoms with Gasteiger partial charge in [-0.3, -0.25) is 9.89 Å². The maximum absolute atomic E-state index is 11.9. The van der Waals surface area contributed by atoms with Crippen molar-refractivity contribution in [2.24, 2.45) is 0 Å². The van der Waals surface area contributed by atoms with E-state index in [1.54, 1.807) is 30.5 Å². The van der Waals surface area contributed by atoms with Crippen LogP contribution in [0.2, 0.25) is 5.02 Å². The number of fused-ring (bicyclic) bond motifs is 1. The van der Waals surface area contributed by atoms with Crippen molar-refractivity contribution in [3.8, 4) is 0 Å². The summed E-state index contributed by atoms with van der Waals surface area (Å²) >= 11 is 5.85. The van der Waals surface area contributed by atoms with Gasteiger partial charge in [0.25, 0.3) is 5.91 Å². The molecule has 0 saturated carbocycles. The molecule has 1 aromatic heterocycles. The molecule has 0 fully saturated rings. The lowest BCUT2D eigenvalue weighted by Gasteiger charge is -2.26. The van der Waals surface area contributed by atoms with Gasteiger partial charge < -0.3 is 10.6 Å². The largest absolute Gasteiger partial charge is 0.360 e. The monoisotopic (exact) mass is 248 g/mol. The number of carbonyl (C=O) groups is 1. The SMILES string of the molecule is O=C1N[C@H](c2ccn[nH]2)Nc2ccc(Cl)cc21. The second-order valence-electron chi connectivity index (χ2n) is 3.75. The molecule has 6 heteroatoms. The molecule has 0 saturated heterocycles. The van der Waals surface area contributed by atoms with Crippen LogP contribution in [0.5, 0.6) is 0 Å². The standard InChI is InChI=1S/C11H9ClN4O/c12-6-1-2-8-7(5-6)11(17)15-10(14-8)9-3-4-13-16-9/h1-5,10,14H,(H,13,16)(H,15,17)/t10-/m1/s1. The number of carbonyl (C=O) groups excluding carboxylic acids is 1. The first-order chi connectivity index (χ1) is 8.24. The van der Waals surface area contributed by atoms with Gasteiger partial charge in [0.2, 0.25) is 0 Å². The zero-order valence-corrected chi connectivity index (χ0v) is 9.45. The normalized spacial score (nSPS) is 18.2. The minimum Gasteiger partial charge on any atom is -0.360 e. The number of aromatic nitrogens is 2. The van der Waals surface area contributed by atoms with Gasteiger partial charge in [0, 0.05) is 16.9 Å². The van der Waals surface area contributed by atoms with E-state index in [0.29, 0.717) is 10.6 Å². The Balaban J connectivity index is 1.99. The summed E-state index contributed by atoms with van der Waals surface area (Å²) < 4.78 is 0. The molecule has 17 heavy (non-hydrogen) atoms. The quantitative estimate of drug-likeness (QED) is 0.722. The van der Waals surface area contributed by atoms with Crippen molar-refractivity contribution < 1.29 is 4.79 Å². The van der Waals surface area contributed by atoms with Crippen LogP contribution in [-0.2, 0) is 0 Å². The van der Waals surface area contributed by atoms with Crippen LogP contribution in [0.15, 0.2) is 30.5 Å². The summed E-state index contributed by atoms with van der Waals surface area (Å²) in [5, 5.41) is 13.2. The molecular weight excluding hydrogens is 240 g/mol. The van der Waals surface area contributed by atoms with Crippen molar-refractivity contribution in [2.45, 2.75) is 6.17 Å². The molecule has 0 bridgehead atoms. The van der Waals surface area contributed by atoms with E-state index in [1.165, 1.54) is 0 Å². The van der Waals surface area contributed by atoms with Crippen molar-refractivity contribution in [1.29, 1.82) is 0 Å². The Labute approximate surface area is 102 Å². The second kappa shape index (κ2) is 3.78. The highest BCUT2D eigenvalue weighted by molar-refractivity contribution is 6.31. The van der Waals surface area contributed by atoms with Gasteiger partial charge >= 0.3 is 0 Å². The molecule has 5 nitrogen and oxygen atoms in total. The number of rotatable bonds is 1. The molecule has 1 atom stereocenters. The first kappa shape index (κ1) is 10.2. The van der Waals surface area contributed by atoms with E-state index in [9.17, 15) is 4.79 Å². The van der Waals surface area contributed by atoms with Crippen LogP contribution in [0.4, 0.5) is 5.69 Å². The van der Waals surface area contributed by atoms with Gasteiger partial charge in [0.1, 0.15) is 6.17 Å². The van der Waals surface area contributed by atoms with Crippen molar-refractivity contribution in [3.63, 3.8) is 0 Å². The van der Waals surface area contributed by atoms with Crippen molar-refractivity contribution in [2.75, 3.05) is 5.32 Å². The Bertz CT molecular complexity index is 567. The molecule has 1 aliphatic heterocycles. The first-order valence-corrected chi connectivity index (χ1v) is 5.48. The fourth-order valence-electron chi connectivity index (χ4n) is 1.81. The summed E-state index contributed by atoms with van der Waals surface area (Å²) in [6.45, 7) is 0. The van der Waals surface area contributed by atoms with E-state index in [2.05, 4.69) is 20.8 Å². The maximum Gasteiger partial charge on any atom is 0.255 e. The average molecular weight is 249 g/mol. The van der Waals surface area contributed by atoms with Crippen molar-refractivity contribution >= 4 is 23.2 Å². The van der Waals surface area contributed by atoms with Crippen LogP contribution in [0.3, 0.4) is 0 Å². The summed E-state index contributed by atoms with van der Waals surface area (Å²) in [7, 11) is 0. The molecule has 2 heterocycles. The Morgan fingerprint density at radius 3 is 2.88 bits per heavy atom. The summed E-state index contributed by atoms with van der Waals surface area (Å²) in [4.78, 5) is 11.9. The fourth-order valence-corrected chi connectivity index (χ4v) is 1.99. The Kier molecular flexibility index (Phi) is 2.26. The zero-order valence-electron chi connectivity index (χ0n) is 8.70. The van der Waals surface area contributed by atoms with Gasteiger partial charge in [0.05, 0.1) is 11.3 Å². The van der Waals surface area contributed by atoms with Crippen LogP contribution < -0.4 is 10.6 Å². The molecule has 0 aliphatic carbocycles. The highest BCUT2D eigenvalue weighted by Gasteiger charge is 2.25.